The fraction of sp³-hybridized carbons (Fsp3) is 0.333. The largest absolute Gasteiger partial charge is 0.465 e. The third-order valence-electron chi connectivity index (χ3n) is 4.18. The van der Waals surface area contributed by atoms with Gasteiger partial charge in [-0.15, -0.1) is 0 Å². The molecule has 0 bridgehead atoms. The number of rotatable bonds is 3. The van der Waals surface area contributed by atoms with E-state index in [1.165, 1.54) is 0 Å². The summed E-state index contributed by atoms with van der Waals surface area (Å²) in [5.41, 5.74) is 1.23. The second-order valence-corrected chi connectivity index (χ2v) is 5.90. The van der Waals surface area contributed by atoms with Crippen molar-refractivity contribution in [3.63, 3.8) is 0 Å². The lowest BCUT2D eigenvalue weighted by Gasteiger charge is -2.39. The fourth-order valence-corrected chi connectivity index (χ4v) is 2.91. The molecule has 2 aromatic rings. The number of carbonyl (C=O) groups is 1. The molecule has 0 radical (unpaired) electrons. The summed E-state index contributed by atoms with van der Waals surface area (Å²) in [5.74, 6) is 1.75. The van der Waals surface area contributed by atoms with Crippen LogP contribution < -0.4 is 4.90 Å². The molecule has 118 valence electrons. The normalized spacial score (nSPS) is 18.9. The van der Waals surface area contributed by atoms with Crippen molar-refractivity contribution in [3.05, 3.63) is 53.5 Å². The van der Waals surface area contributed by atoms with Crippen molar-refractivity contribution in [2.45, 2.75) is 26.4 Å². The Labute approximate surface area is 135 Å². The van der Waals surface area contributed by atoms with Crippen molar-refractivity contribution in [1.82, 2.24) is 4.90 Å². The summed E-state index contributed by atoms with van der Waals surface area (Å²) >= 11 is 0. The molecule has 0 N–H and O–H groups in total. The van der Waals surface area contributed by atoms with Gasteiger partial charge in [-0.2, -0.15) is 5.26 Å². The lowest BCUT2D eigenvalue weighted by Crippen LogP contribution is -2.55. The molecule has 23 heavy (non-hydrogen) atoms. The van der Waals surface area contributed by atoms with E-state index in [9.17, 15) is 10.1 Å². The van der Waals surface area contributed by atoms with Gasteiger partial charge in [0.2, 0.25) is 5.91 Å². The highest BCUT2D eigenvalue weighted by atomic mass is 16.3. The molecule has 5 nitrogen and oxygen atoms in total. The van der Waals surface area contributed by atoms with Crippen molar-refractivity contribution >= 4 is 11.6 Å². The second-order valence-electron chi connectivity index (χ2n) is 5.90. The first kappa shape index (κ1) is 15.3. The second kappa shape index (κ2) is 6.27. The number of aryl methyl sites for hydroxylation is 1. The van der Waals surface area contributed by atoms with E-state index < -0.39 is 0 Å². The Kier molecular flexibility index (Phi) is 4.18. The van der Waals surface area contributed by atoms with Crippen molar-refractivity contribution in [2.24, 2.45) is 0 Å². The Balaban J connectivity index is 1.77. The molecule has 1 atom stereocenters. The first-order valence-electron chi connectivity index (χ1n) is 7.67. The Bertz CT molecular complexity index is 760. The van der Waals surface area contributed by atoms with Gasteiger partial charge in [-0.05, 0) is 38.1 Å². The summed E-state index contributed by atoms with van der Waals surface area (Å²) in [5, 5.41) is 9.24. The lowest BCUT2D eigenvalue weighted by atomic mass is 10.1. The molecule has 5 heteroatoms. The highest BCUT2D eigenvalue weighted by molar-refractivity contribution is 5.96. The van der Waals surface area contributed by atoms with Gasteiger partial charge in [0.05, 0.1) is 24.3 Å². The molecule has 1 aliphatic rings. The quantitative estimate of drug-likeness (QED) is 0.874. The van der Waals surface area contributed by atoms with Crippen LogP contribution in [0.25, 0.3) is 0 Å². The van der Waals surface area contributed by atoms with E-state index >= 15 is 0 Å². The average Bonchev–Trinajstić information content (AvgIpc) is 2.95. The highest BCUT2D eigenvalue weighted by Gasteiger charge is 2.31. The number of hydrogen-bond donors (Lipinski definition) is 0. The van der Waals surface area contributed by atoms with Crippen LogP contribution in [0, 0.1) is 18.3 Å². The van der Waals surface area contributed by atoms with Crippen LogP contribution in [0.1, 0.15) is 24.0 Å². The summed E-state index contributed by atoms with van der Waals surface area (Å²) in [6, 6.07) is 13.5. The van der Waals surface area contributed by atoms with Gasteiger partial charge < -0.3 is 9.32 Å². The molecule has 2 heterocycles. The van der Waals surface area contributed by atoms with Crippen molar-refractivity contribution in [3.8, 4) is 6.07 Å². The molecular formula is C18H19N3O2. The van der Waals surface area contributed by atoms with Crippen LogP contribution in [-0.4, -0.2) is 29.9 Å². The number of benzene rings is 1. The Morgan fingerprint density at radius 1 is 1.30 bits per heavy atom. The molecule has 3 rings (SSSR count). The summed E-state index contributed by atoms with van der Waals surface area (Å²) in [6.07, 6.45) is 0. The average molecular weight is 309 g/mol. The van der Waals surface area contributed by atoms with E-state index in [0.29, 0.717) is 30.9 Å². The van der Waals surface area contributed by atoms with E-state index in [-0.39, 0.29) is 11.9 Å². The maximum atomic E-state index is 12.6. The Morgan fingerprint density at radius 2 is 2.09 bits per heavy atom. The molecule has 1 aromatic heterocycles. The van der Waals surface area contributed by atoms with E-state index in [1.807, 2.05) is 37.3 Å². The van der Waals surface area contributed by atoms with Gasteiger partial charge in [0, 0.05) is 12.6 Å². The molecular weight excluding hydrogens is 290 g/mol. The minimum atomic E-state index is 0.00841. The van der Waals surface area contributed by atoms with Gasteiger partial charge in [0.1, 0.15) is 17.6 Å². The number of furan rings is 1. The lowest BCUT2D eigenvalue weighted by molar-refractivity contribution is -0.122. The maximum absolute atomic E-state index is 12.6. The Hall–Kier alpha value is -2.58. The number of para-hydroxylation sites is 1. The molecule has 0 unspecified atom stereocenters. The predicted molar refractivity (Wildman–Crippen MR) is 86.8 cm³/mol. The third kappa shape index (κ3) is 3.13. The number of amides is 1. The molecule has 1 aliphatic heterocycles. The van der Waals surface area contributed by atoms with Crippen LogP contribution in [0.15, 0.2) is 40.8 Å². The van der Waals surface area contributed by atoms with Gasteiger partial charge in [-0.25, -0.2) is 0 Å². The van der Waals surface area contributed by atoms with Gasteiger partial charge in [-0.3, -0.25) is 9.69 Å². The molecule has 1 fully saturated rings. The van der Waals surface area contributed by atoms with Crippen LogP contribution in [0.2, 0.25) is 0 Å². The zero-order valence-corrected chi connectivity index (χ0v) is 13.3. The van der Waals surface area contributed by atoms with Crippen molar-refractivity contribution < 1.29 is 9.21 Å². The molecule has 0 saturated carbocycles. The standard InChI is InChI=1S/C18H19N3O2/c1-13-10-21(17-6-4-3-5-15(17)9-19)18(22)12-20(13)11-16-8-7-14(2)23-16/h3-8,13H,10-12H2,1-2H3/t13-/m1/s1. The highest BCUT2D eigenvalue weighted by Crippen LogP contribution is 2.24. The minimum absolute atomic E-state index is 0.00841. The van der Waals surface area contributed by atoms with Gasteiger partial charge >= 0.3 is 0 Å². The molecule has 0 spiro atoms. The third-order valence-corrected chi connectivity index (χ3v) is 4.18. The van der Waals surface area contributed by atoms with Crippen LogP contribution in [0.3, 0.4) is 0 Å². The molecule has 1 saturated heterocycles. The molecule has 1 amide bonds. The van der Waals surface area contributed by atoms with Crippen LogP contribution in [0.4, 0.5) is 5.69 Å². The van der Waals surface area contributed by atoms with Crippen molar-refractivity contribution in [1.29, 1.82) is 5.26 Å². The summed E-state index contributed by atoms with van der Waals surface area (Å²) in [4.78, 5) is 16.4. The van der Waals surface area contributed by atoms with Crippen LogP contribution in [-0.2, 0) is 11.3 Å². The minimum Gasteiger partial charge on any atom is -0.465 e. The monoisotopic (exact) mass is 309 g/mol. The van der Waals surface area contributed by atoms with Crippen LogP contribution in [0.5, 0.6) is 0 Å². The maximum Gasteiger partial charge on any atom is 0.241 e. The summed E-state index contributed by atoms with van der Waals surface area (Å²) in [7, 11) is 0. The van der Waals surface area contributed by atoms with E-state index in [4.69, 9.17) is 4.42 Å². The van der Waals surface area contributed by atoms with Gasteiger partial charge in [-0.1, -0.05) is 12.1 Å². The first-order chi connectivity index (χ1) is 11.1. The van der Waals surface area contributed by atoms with E-state index in [0.717, 1.165) is 11.5 Å². The number of nitrogens with zero attached hydrogens (tertiary/aromatic N) is 3. The van der Waals surface area contributed by atoms with Crippen LogP contribution >= 0.6 is 0 Å². The number of hydrogen-bond acceptors (Lipinski definition) is 4. The number of nitriles is 1. The summed E-state index contributed by atoms with van der Waals surface area (Å²) < 4.78 is 5.61. The predicted octanol–water partition coefficient (Wildman–Crippen LogP) is 2.70. The van der Waals surface area contributed by atoms with Gasteiger partial charge in [0.15, 0.2) is 0 Å². The first-order valence-corrected chi connectivity index (χ1v) is 7.67. The van der Waals surface area contributed by atoms with Crippen molar-refractivity contribution in [2.75, 3.05) is 18.0 Å². The Morgan fingerprint density at radius 3 is 2.78 bits per heavy atom. The molecule has 1 aromatic carbocycles. The molecule has 0 aliphatic carbocycles. The number of anilines is 1. The summed E-state index contributed by atoms with van der Waals surface area (Å²) in [6.45, 7) is 5.51. The zero-order valence-electron chi connectivity index (χ0n) is 13.3. The SMILES string of the molecule is Cc1ccc(CN2CC(=O)N(c3ccccc3C#N)C[C@H]2C)o1. The zero-order chi connectivity index (χ0) is 16.4. The van der Waals surface area contributed by atoms with E-state index in [1.54, 1.807) is 11.0 Å². The number of piperazine rings is 1. The van der Waals surface area contributed by atoms with E-state index in [2.05, 4.69) is 17.9 Å². The fourth-order valence-electron chi connectivity index (χ4n) is 2.91. The topological polar surface area (TPSA) is 60.5 Å². The number of carbonyl (C=O) groups excluding carboxylic acids is 1. The smallest absolute Gasteiger partial charge is 0.241 e. The van der Waals surface area contributed by atoms with Gasteiger partial charge in [0.25, 0.3) is 0 Å².